The third-order valence-corrected chi connectivity index (χ3v) is 4.36. The molecule has 0 saturated carbocycles. The summed E-state index contributed by atoms with van der Waals surface area (Å²) in [7, 11) is 0. The lowest BCUT2D eigenvalue weighted by Gasteiger charge is -2.22. The predicted molar refractivity (Wildman–Crippen MR) is 93.8 cm³/mol. The molecule has 21 heavy (non-hydrogen) atoms. The van der Waals surface area contributed by atoms with Crippen molar-refractivity contribution in [3.8, 4) is 0 Å². The average molecular weight is 283 g/mol. The fourth-order valence-electron chi connectivity index (χ4n) is 2.89. The van der Waals surface area contributed by atoms with Crippen molar-refractivity contribution in [1.29, 1.82) is 0 Å². The number of nitrogens with one attached hydrogen (secondary N) is 1. The third kappa shape index (κ3) is 4.86. The Kier molecular flexibility index (Phi) is 6.25. The molecule has 0 radical (unpaired) electrons. The van der Waals surface area contributed by atoms with Crippen LogP contribution in [-0.4, -0.2) is 12.6 Å². The summed E-state index contributed by atoms with van der Waals surface area (Å²) >= 11 is 0. The maximum absolute atomic E-state index is 3.73. The highest BCUT2D eigenvalue weighted by Crippen LogP contribution is 2.19. The first-order chi connectivity index (χ1) is 10.2. The molecule has 2 aromatic rings. The molecule has 0 amide bonds. The van der Waals surface area contributed by atoms with E-state index in [0.717, 1.165) is 18.9 Å². The molecule has 2 aromatic carbocycles. The third-order valence-electron chi connectivity index (χ3n) is 4.36. The van der Waals surface area contributed by atoms with Crippen LogP contribution in [0.1, 0.15) is 45.6 Å². The second-order valence-corrected chi connectivity index (χ2v) is 6.29. The van der Waals surface area contributed by atoms with Gasteiger partial charge in [0.1, 0.15) is 0 Å². The van der Waals surface area contributed by atoms with E-state index < -0.39 is 0 Å². The van der Waals surface area contributed by atoms with Gasteiger partial charge in [-0.3, -0.25) is 0 Å². The fraction of sp³-hybridized carbons (Fsp3) is 0.500. The quantitative estimate of drug-likeness (QED) is 0.703. The van der Waals surface area contributed by atoms with Gasteiger partial charge >= 0.3 is 0 Å². The molecule has 1 heteroatoms. The summed E-state index contributed by atoms with van der Waals surface area (Å²) in [4.78, 5) is 0. The van der Waals surface area contributed by atoms with Gasteiger partial charge in [0.25, 0.3) is 0 Å². The van der Waals surface area contributed by atoms with E-state index in [1.165, 1.54) is 35.6 Å². The minimum atomic E-state index is 0.598. The van der Waals surface area contributed by atoms with Gasteiger partial charge < -0.3 is 5.32 Å². The highest BCUT2D eigenvalue weighted by molar-refractivity contribution is 5.82. The molecule has 1 nitrogen and oxygen atoms in total. The van der Waals surface area contributed by atoms with Crippen LogP contribution in [0.5, 0.6) is 0 Å². The first kappa shape index (κ1) is 16.0. The lowest BCUT2D eigenvalue weighted by molar-refractivity contribution is 0.391. The van der Waals surface area contributed by atoms with E-state index >= 15 is 0 Å². The van der Waals surface area contributed by atoms with Crippen molar-refractivity contribution in [3.05, 3.63) is 48.0 Å². The molecule has 0 heterocycles. The SMILES string of the molecule is CCCNC(Cc1ccc2ccccc2c1)CC(C)CC. The van der Waals surface area contributed by atoms with Gasteiger partial charge in [0.05, 0.1) is 0 Å². The summed E-state index contributed by atoms with van der Waals surface area (Å²) in [5.41, 5.74) is 1.45. The molecule has 1 N–H and O–H groups in total. The van der Waals surface area contributed by atoms with E-state index in [9.17, 15) is 0 Å². The molecule has 2 unspecified atom stereocenters. The van der Waals surface area contributed by atoms with Crippen molar-refractivity contribution in [2.24, 2.45) is 5.92 Å². The minimum absolute atomic E-state index is 0.598. The summed E-state index contributed by atoms with van der Waals surface area (Å²) in [5, 5.41) is 6.42. The molecular weight excluding hydrogens is 254 g/mol. The smallest absolute Gasteiger partial charge is 0.0110 e. The molecule has 2 atom stereocenters. The average Bonchev–Trinajstić information content (AvgIpc) is 2.52. The van der Waals surface area contributed by atoms with Crippen LogP contribution in [0.2, 0.25) is 0 Å². The molecule has 0 bridgehead atoms. The van der Waals surface area contributed by atoms with E-state index in [4.69, 9.17) is 0 Å². The molecule has 0 aliphatic rings. The molecular formula is C20H29N. The molecule has 114 valence electrons. The number of rotatable bonds is 8. The van der Waals surface area contributed by atoms with Crippen molar-refractivity contribution < 1.29 is 0 Å². The van der Waals surface area contributed by atoms with E-state index in [2.05, 4.69) is 68.6 Å². The minimum Gasteiger partial charge on any atom is -0.314 e. The zero-order valence-corrected chi connectivity index (χ0v) is 13.7. The number of hydrogen-bond donors (Lipinski definition) is 1. The Labute approximate surface area is 129 Å². The van der Waals surface area contributed by atoms with Gasteiger partial charge in [0.2, 0.25) is 0 Å². The Hall–Kier alpha value is -1.34. The topological polar surface area (TPSA) is 12.0 Å². The maximum atomic E-state index is 3.73. The van der Waals surface area contributed by atoms with Crippen LogP contribution in [0, 0.1) is 5.92 Å². The molecule has 0 saturated heterocycles. The Bertz CT molecular complexity index is 546. The summed E-state index contributed by atoms with van der Waals surface area (Å²) in [6, 6.07) is 16.1. The van der Waals surface area contributed by atoms with Crippen LogP contribution in [0.15, 0.2) is 42.5 Å². The zero-order valence-electron chi connectivity index (χ0n) is 13.7. The molecule has 0 spiro atoms. The second-order valence-electron chi connectivity index (χ2n) is 6.29. The number of benzene rings is 2. The van der Waals surface area contributed by atoms with Gasteiger partial charge in [0.15, 0.2) is 0 Å². The van der Waals surface area contributed by atoms with Crippen LogP contribution in [0.3, 0.4) is 0 Å². The van der Waals surface area contributed by atoms with Gasteiger partial charge in [-0.05, 0) is 48.1 Å². The summed E-state index contributed by atoms with van der Waals surface area (Å²) in [5.74, 6) is 0.791. The van der Waals surface area contributed by atoms with Crippen LogP contribution >= 0.6 is 0 Å². The van der Waals surface area contributed by atoms with Gasteiger partial charge in [-0.1, -0.05) is 69.7 Å². The summed E-state index contributed by atoms with van der Waals surface area (Å²) in [6.45, 7) is 8.01. The summed E-state index contributed by atoms with van der Waals surface area (Å²) in [6.07, 6.45) is 4.87. The Balaban J connectivity index is 2.09. The van der Waals surface area contributed by atoms with Crippen LogP contribution in [0.25, 0.3) is 10.8 Å². The van der Waals surface area contributed by atoms with Gasteiger partial charge in [0, 0.05) is 6.04 Å². The van der Waals surface area contributed by atoms with E-state index in [0.29, 0.717) is 6.04 Å². The lowest BCUT2D eigenvalue weighted by atomic mass is 9.93. The number of fused-ring (bicyclic) bond motifs is 1. The fourth-order valence-corrected chi connectivity index (χ4v) is 2.89. The van der Waals surface area contributed by atoms with Gasteiger partial charge in [-0.2, -0.15) is 0 Å². The lowest BCUT2D eigenvalue weighted by Crippen LogP contribution is -2.33. The second kappa shape index (κ2) is 8.19. The molecule has 2 rings (SSSR count). The molecule has 0 fully saturated rings. The first-order valence-corrected chi connectivity index (χ1v) is 8.44. The van der Waals surface area contributed by atoms with Crippen LogP contribution in [0.4, 0.5) is 0 Å². The Morgan fingerprint density at radius 2 is 1.76 bits per heavy atom. The van der Waals surface area contributed by atoms with Gasteiger partial charge in [-0.15, -0.1) is 0 Å². The van der Waals surface area contributed by atoms with E-state index in [-0.39, 0.29) is 0 Å². The van der Waals surface area contributed by atoms with Crippen molar-refractivity contribution in [2.75, 3.05) is 6.54 Å². The molecule has 0 aliphatic carbocycles. The van der Waals surface area contributed by atoms with Crippen molar-refractivity contribution in [2.45, 2.75) is 52.5 Å². The Morgan fingerprint density at radius 1 is 1.00 bits per heavy atom. The van der Waals surface area contributed by atoms with Gasteiger partial charge in [-0.25, -0.2) is 0 Å². The van der Waals surface area contributed by atoms with Crippen LogP contribution < -0.4 is 5.32 Å². The standard InChI is InChI=1S/C20H29N/c1-4-12-21-20(13-16(3)5-2)15-17-10-11-18-8-6-7-9-19(18)14-17/h6-11,14,16,20-21H,4-5,12-13,15H2,1-3H3. The highest BCUT2D eigenvalue weighted by Gasteiger charge is 2.12. The number of hydrogen-bond acceptors (Lipinski definition) is 1. The monoisotopic (exact) mass is 283 g/mol. The molecule has 0 aromatic heterocycles. The van der Waals surface area contributed by atoms with Crippen molar-refractivity contribution in [1.82, 2.24) is 5.32 Å². The first-order valence-electron chi connectivity index (χ1n) is 8.44. The zero-order chi connectivity index (χ0) is 15.1. The Morgan fingerprint density at radius 3 is 2.48 bits per heavy atom. The predicted octanol–water partition coefficient (Wildman–Crippen LogP) is 5.19. The molecule has 0 aliphatic heterocycles. The highest BCUT2D eigenvalue weighted by atomic mass is 14.9. The normalized spacial score (nSPS) is 14.2. The van der Waals surface area contributed by atoms with Crippen LogP contribution in [-0.2, 0) is 6.42 Å². The van der Waals surface area contributed by atoms with E-state index in [1.54, 1.807) is 0 Å². The van der Waals surface area contributed by atoms with E-state index in [1.807, 2.05) is 0 Å². The maximum Gasteiger partial charge on any atom is 0.0110 e. The van der Waals surface area contributed by atoms with Crippen molar-refractivity contribution in [3.63, 3.8) is 0 Å². The largest absolute Gasteiger partial charge is 0.314 e. The summed E-state index contributed by atoms with van der Waals surface area (Å²) < 4.78 is 0. The van der Waals surface area contributed by atoms with Crippen molar-refractivity contribution >= 4 is 10.8 Å².